The molecule has 0 bridgehead atoms. The molecule has 0 unspecified atom stereocenters. The summed E-state index contributed by atoms with van der Waals surface area (Å²) in [5, 5.41) is 0. The molecule has 0 fully saturated rings. The summed E-state index contributed by atoms with van der Waals surface area (Å²) < 4.78 is 34.1. The Hall–Kier alpha value is 0.766. The van der Waals surface area contributed by atoms with Crippen molar-refractivity contribution in [2.75, 3.05) is 0 Å². The van der Waals surface area contributed by atoms with Crippen molar-refractivity contribution in [1.29, 1.82) is 0 Å². The van der Waals surface area contributed by atoms with Crippen LogP contribution in [0.1, 0.15) is 0 Å². The van der Waals surface area contributed by atoms with Gasteiger partial charge in [-0.15, -0.1) is 0 Å². The maximum Gasteiger partial charge on any atom is 0.0311 e. The molecule has 0 atom stereocenters. The first-order valence-corrected chi connectivity index (χ1v) is 2.00. The zero-order valence-electron chi connectivity index (χ0n) is 2.45. The van der Waals surface area contributed by atoms with E-state index in [2.05, 4.69) is 0 Å². The second-order valence-electron chi connectivity index (χ2n) is 0.408. The molecule has 0 aromatic rings. The van der Waals surface area contributed by atoms with Gasteiger partial charge in [-0.3, -0.25) is 8.42 Å². The number of hydrogen-bond acceptors (Lipinski definition) is 4. The van der Waals surface area contributed by atoms with Gasteiger partial charge in [-0.2, -0.15) is 0 Å². The van der Waals surface area contributed by atoms with Crippen LogP contribution >= 0.6 is 0 Å². The van der Waals surface area contributed by atoms with Crippen LogP contribution in [0.2, 0.25) is 0 Å². The van der Waals surface area contributed by atoms with E-state index in [-0.39, 0.29) is 26.6 Å². The van der Waals surface area contributed by atoms with E-state index in [4.69, 9.17) is 17.5 Å². The van der Waals surface area contributed by atoms with Crippen LogP contribution in [0.4, 0.5) is 0 Å². The molecule has 2 radical (unpaired) electrons. The molecule has 0 amide bonds. The van der Waals surface area contributed by atoms with Crippen LogP contribution in [0.3, 0.4) is 0 Å². The molecule has 6 heavy (non-hydrogen) atoms. The second-order valence-corrected chi connectivity index (χ2v) is 1.22. The summed E-state index contributed by atoms with van der Waals surface area (Å²) >= 11 is 0. The van der Waals surface area contributed by atoms with Crippen molar-refractivity contribution in [3.8, 4) is 0 Å². The fourth-order valence-electron chi connectivity index (χ4n) is 0. The Kier molecular flexibility index (Phi) is 4.72. The second kappa shape index (κ2) is 2.86. The third-order valence-electron chi connectivity index (χ3n) is 0. The molecular weight excluding hydrogens is 305 g/mol. The normalized spacial score (nSPS) is 9.67. The molecule has 4 nitrogen and oxygen atoms in total. The van der Waals surface area contributed by atoms with Gasteiger partial charge in [0, 0.05) is 37.0 Å². The van der Waals surface area contributed by atoms with Gasteiger partial charge in [0.2, 0.25) is 0 Å². The van der Waals surface area contributed by atoms with E-state index in [1.165, 1.54) is 0 Å². The Morgan fingerprint density at radius 2 is 1.17 bits per heavy atom. The van der Waals surface area contributed by atoms with Crippen molar-refractivity contribution in [2.45, 2.75) is 0 Å². The van der Waals surface area contributed by atoms with Crippen molar-refractivity contribution in [1.82, 2.24) is 0 Å². The van der Waals surface area contributed by atoms with E-state index in [1.807, 2.05) is 0 Å². The van der Waals surface area contributed by atoms with E-state index in [0.29, 0.717) is 0 Å². The van der Waals surface area contributed by atoms with Crippen LogP contribution in [0.25, 0.3) is 0 Å². The topological polar surface area (TPSA) is 80.3 Å². The van der Waals surface area contributed by atoms with Crippen molar-refractivity contribution in [2.24, 2.45) is 0 Å². The van der Waals surface area contributed by atoms with Gasteiger partial charge in [-0.25, -0.2) is 0 Å². The van der Waals surface area contributed by atoms with Crippen molar-refractivity contribution >= 4 is 37.0 Å². The molecule has 38 valence electrons. The Morgan fingerprint density at radius 1 is 1.17 bits per heavy atom. The molecule has 0 heterocycles. The first kappa shape index (κ1) is 9.90. The Bertz CT molecular complexity index is 90.7. The third kappa shape index (κ3) is 115. The molecule has 0 aliphatic carbocycles. The first-order chi connectivity index (χ1) is 2.00. The van der Waals surface area contributed by atoms with Crippen LogP contribution in [0, 0.1) is 0 Å². The average molecular weight is 305 g/mol. The predicted molar refractivity (Wildman–Crippen MR) is 16.2 cm³/mol. The maximum atomic E-state index is 8.52. The van der Waals surface area contributed by atoms with Gasteiger partial charge in [-0.1, -0.05) is 0 Å². The molecule has 0 aliphatic heterocycles. The van der Waals surface area contributed by atoms with E-state index in [9.17, 15) is 0 Å². The quantitative estimate of drug-likeness (QED) is 0.394. The fourth-order valence-corrected chi connectivity index (χ4v) is 0. The van der Waals surface area contributed by atoms with Gasteiger partial charge in [0.05, 0.1) is 0 Å². The Balaban J connectivity index is 0. The fraction of sp³-hybridized carbons (Fsp3) is 0. The summed E-state index contributed by atoms with van der Waals surface area (Å²) in [7, 11) is -5.17. The molecule has 0 rings (SSSR count). The predicted octanol–water partition coefficient (Wildman–Crippen LogP) is -1.72. The molecule has 6 heteroatoms. The average Bonchev–Trinajstić information content (AvgIpc) is 0.722. The summed E-state index contributed by atoms with van der Waals surface area (Å²) in [5.74, 6) is 0. The molecule has 0 spiro atoms. The van der Waals surface area contributed by atoms with E-state index < -0.39 is 10.4 Å². The summed E-state index contributed by atoms with van der Waals surface area (Å²) in [6.07, 6.45) is 0. The number of rotatable bonds is 0. The zero-order valence-corrected chi connectivity index (χ0v) is 6.44. The van der Waals surface area contributed by atoms with Gasteiger partial charge >= 0.3 is 0 Å². The molecule has 0 N–H and O–H groups in total. The van der Waals surface area contributed by atoms with Gasteiger partial charge < -0.3 is 9.11 Å². The van der Waals surface area contributed by atoms with Crippen molar-refractivity contribution < 1.29 is 17.5 Å². The van der Waals surface area contributed by atoms with Gasteiger partial charge in [-0.05, 0) is 0 Å². The summed E-state index contributed by atoms with van der Waals surface area (Å²) in [6, 6.07) is 0. The summed E-state index contributed by atoms with van der Waals surface area (Å²) in [5.41, 5.74) is 0. The van der Waals surface area contributed by atoms with Crippen molar-refractivity contribution in [3.05, 3.63) is 0 Å². The third-order valence-corrected chi connectivity index (χ3v) is 0. The molecule has 0 aromatic carbocycles. The molecule has 0 saturated carbocycles. The summed E-state index contributed by atoms with van der Waals surface area (Å²) in [6.45, 7) is 0. The first-order valence-electron chi connectivity index (χ1n) is 0.667. The largest absolute Gasteiger partial charge is 0.759 e. The van der Waals surface area contributed by atoms with Gasteiger partial charge in [0.15, 0.2) is 0 Å². The van der Waals surface area contributed by atoms with Crippen LogP contribution in [-0.2, 0) is 10.4 Å². The van der Waals surface area contributed by atoms with E-state index in [1.54, 1.807) is 0 Å². The van der Waals surface area contributed by atoms with E-state index in [0.717, 1.165) is 0 Å². The van der Waals surface area contributed by atoms with Crippen LogP contribution in [-0.4, -0.2) is 44.1 Å². The zero-order chi connectivity index (χ0) is 4.50. The molecule has 0 aromatic heterocycles. The Labute approximate surface area is 54.6 Å². The van der Waals surface area contributed by atoms with Crippen molar-refractivity contribution in [3.63, 3.8) is 0 Å². The van der Waals surface area contributed by atoms with Gasteiger partial charge in [0.1, 0.15) is 0 Å². The van der Waals surface area contributed by atoms with E-state index >= 15 is 0 Å². The standard InChI is InChI=1S/H2O4S.Po/c1-5(2,3)4;/h(H2,1,2,3,4);/p-2. The SMILES string of the molecule is O=S(=O)([O-])[O-].[Po]. The van der Waals surface area contributed by atoms with Crippen LogP contribution in [0.15, 0.2) is 0 Å². The molecule has 0 aliphatic rings. The minimum absolute atomic E-state index is 0. The maximum absolute atomic E-state index is 8.52. The van der Waals surface area contributed by atoms with Crippen LogP contribution in [0.5, 0.6) is 0 Å². The molecular formula is O4PoS-2. The minimum Gasteiger partial charge on any atom is -0.759 e. The van der Waals surface area contributed by atoms with Gasteiger partial charge in [0.25, 0.3) is 0 Å². The number of hydrogen-bond donors (Lipinski definition) is 0. The monoisotopic (exact) mass is 305 g/mol. The smallest absolute Gasteiger partial charge is 0.0311 e. The Morgan fingerprint density at radius 3 is 1.17 bits per heavy atom. The minimum atomic E-state index is -5.17. The summed E-state index contributed by atoms with van der Waals surface area (Å²) in [4.78, 5) is 0. The van der Waals surface area contributed by atoms with Crippen LogP contribution < -0.4 is 0 Å². The molecule has 0 saturated heterocycles.